The van der Waals surface area contributed by atoms with Crippen LogP contribution in [-0.2, 0) is 6.61 Å². The summed E-state index contributed by atoms with van der Waals surface area (Å²) in [6, 6.07) is 7.61. The Kier molecular flexibility index (Phi) is 7.44. The van der Waals surface area contributed by atoms with Gasteiger partial charge in [0.25, 0.3) is 5.91 Å². The summed E-state index contributed by atoms with van der Waals surface area (Å²) < 4.78 is 5.75. The molecule has 0 saturated heterocycles. The Labute approximate surface area is 154 Å². The zero-order valence-electron chi connectivity index (χ0n) is 15.6. The van der Waals surface area contributed by atoms with E-state index in [9.17, 15) is 4.79 Å². The van der Waals surface area contributed by atoms with Crippen LogP contribution in [0.3, 0.4) is 0 Å². The molecule has 0 saturated carbocycles. The van der Waals surface area contributed by atoms with Gasteiger partial charge in [0, 0.05) is 23.5 Å². The Hall–Kier alpha value is -1.88. The third kappa shape index (κ3) is 5.85. The van der Waals surface area contributed by atoms with Crippen LogP contribution in [0.2, 0.25) is 0 Å². The molecule has 0 radical (unpaired) electrons. The summed E-state index contributed by atoms with van der Waals surface area (Å²) in [4.78, 5) is 19.1. The highest BCUT2D eigenvalue weighted by Gasteiger charge is 2.18. The van der Waals surface area contributed by atoms with Crippen LogP contribution in [0.25, 0.3) is 0 Å². The van der Waals surface area contributed by atoms with Crippen molar-refractivity contribution in [3.05, 3.63) is 45.9 Å². The smallest absolute Gasteiger partial charge is 0.254 e. The minimum Gasteiger partial charge on any atom is -0.487 e. The number of carbonyl (C=O) groups excluding carboxylic acids is 1. The maximum absolute atomic E-state index is 12.8. The maximum atomic E-state index is 12.8. The molecule has 0 bridgehead atoms. The second-order valence-corrected chi connectivity index (χ2v) is 7.53. The van der Waals surface area contributed by atoms with Gasteiger partial charge >= 0.3 is 0 Å². The maximum Gasteiger partial charge on any atom is 0.254 e. The fraction of sp³-hybridized carbons (Fsp3) is 0.500. The standard InChI is InChI=1S/C20H28N2O2S/c1-5-6-7-12-22(15(2)3)20(23)17-8-10-19(11-9-17)24-13-18-14-25-16(4)21-18/h8-11,14-15H,5-7,12-13H2,1-4H3. The largest absolute Gasteiger partial charge is 0.487 e. The van der Waals surface area contributed by atoms with E-state index in [2.05, 4.69) is 25.8 Å². The minimum absolute atomic E-state index is 0.0905. The van der Waals surface area contributed by atoms with Gasteiger partial charge in [0.1, 0.15) is 12.4 Å². The lowest BCUT2D eigenvalue weighted by Crippen LogP contribution is -2.37. The number of benzene rings is 1. The molecule has 0 aliphatic heterocycles. The van der Waals surface area contributed by atoms with Crippen LogP contribution >= 0.6 is 11.3 Å². The molecule has 0 fully saturated rings. The van der Waals surface area contributed by atoms with Crippen molar-refractivity contribution >= 4 is 17.2 Å². The molecule has 0 aliphatic carbocycles. The van der Waals surface area contributed by atoms with Crippen LogP contribution < -0.4 is 4.74 Å². The monoisotopic (exact) mass is 360 g/mol. The minimum atomic E-state index is 0.0905. The van der Waals surface area contributed by atoms with Gasteiger partial charge in [-0.15, -0.1) is 11.3 Å². The van der Waals surface area contributed by atoms with E-state index in [4.69, 9.17) is 4.74 Å². The first-order chi connectivity index (χ1) is 12.0. The molecule has 4 nitrogen and oxygen atoms in total. The number of hydrogen-bond acceptors (Lipinski definition) is 4. The summed E-state index contributed by atoms with van der Waals surface area (Å²) in [5, 5.41) is 3.04. The number of hydrogen-bond donors (Lipinski definition) is 0. The lowest BCUT2D eigenvalue weighted by atomic mass is 10.1. The number of aromatic nitrogens is 1. The van der Waals surface area contributed by atoms with Gasteiger partial charge in [0.2, 0.25) is 0 Å². The van der Waals surface area contributed by atoms with Crippen LogP contribution in [-0.4, -0.2) is 28.4 Å². The number of thiazole rings is 1. The van der Waals surface area contributed by atoms with E-state index in [1.165, 1.54) is 0 Å². The van der Waals surface area contributed by atoms with Crippen LogP contribution in [0.15, 0.2) is 29.6 Å². The first-order valence-corrected chi connectivity index (χ1v) is 9.84. The summed E-state index contributed by atoms with van der Waals surface area (Å²) in [6.45, 7) is 9.55. The third-order valence-electron chi connectivity index (χ3n) is 4.04. The number of ether oxygens (including phenoxy) is 1. The van der Waals surface area contributed by atoms with Crippen molar-refractivity contribution in [3.8, 4) is 5.75 Å². The molecule has 1 aromatic carbocycles. The third-order valence-corrected chi connectivity index (χ3v) is 4.86. The number of amides is 1. The molecule has 1 heterocycles. The van der Waals surface area contributed by atoms with Crippen LogP contribution in [0.5, 0.6) is 5.75 Å². The SMILES string of the molecule is CCCCCN(C(=O)c1ccc(OCc2csc(C)n2)cc1)C(C)C. The van der Waals surface area contributed by atoms with Crippen LogP contribution in [0.1, 0.15) is 61.1 Å². The topological polar surface area (TPSA) is 42.4 Å². The van der Waals surface area contributed by atoms with Crippen molar-refractivity contribution in [1.82, 2.24) is 9.88 Å². The van der Waals surface area contributed by atoms with Gasteiger partial charge in [-0.1, -0.05) is 19.8 Å². The highest BCUT2D eigenvalue weighted by atomic mass is 32.1. The summed E-state index contributed by atoms with van der Waals surface area (Å²) in [5.41, 5.74) is 1.65. The van der Waals surface area contributed by atoms with Crippen molar-refractivity contribution in [2.24, 2.45) is 0 Å². The fourth-order valence-corrected chi connectivity index (χ4v) is 3.22. The number of aryl methyl sites for hydroxylation is 1. The van der Waals surface area contributed by atoms with Gasteiger partial charge in [-0.05, 0) is 51.5 Å². The summed E-state index contributed by atoms with van der Waals surface area (Å²) >= 11 is 1.62. The first-order valence-electron chi connectivity index (χ1n) is 8.96. The molecule has 136 valence electrons. The van der Waals surface area contributed by atoms with Crippen LogP contribution in [0.4, 0.5) is 0 Å². The van der Waals surface area contributed by atoms with E-state index in [0.717, 1.165) is 42.3 Å². The summed E-state index contributed by atoms with van der Waals surface area (Å²) in [5.74, 6) is 0.845. The predicted octanol–water partition coefficient (Wildman–Crippen LogP) is 5.07. The Morgan fingerprint density at radius 1 is 1.24 bits per heavy atom. The number of rotatable bonds is 9. The van der Waals surface area contributed by atoms with E-state index in [1.807, 2.05) is 41.5 Å². The molecule has 2 rings (SSSR count). The zero-order chi connectivity index (χ0) is 18.2. The molecule has 5 heteroatoms. The first kappa shape index (κ1) is 19.4. The van der Waals surface area contributed by atoms with E-state index in [-0.39, 0.29) is 11.9 Å². The lowest BCUT2D eigenvalue weighted by Gasteiger charge is -2.27. The van der Waals surface area contributed by atoms with Gasteiger partial charge in [0.15, 0.2) is 0 Å². The lowest BCUT2D eigenvalue weighted by molar-refractivity contribution is 0.0702. The van der Waals surface area contributed by atoms with Gasteiger partial charge in [-0.25, -0.2) is 4.98 Å². The molecule has 0 aliphatic rings. The second-order valence-electron chi connectivity index (χ2n) is 6.47. The highest BCUT2D eigenvalue weighted by molar-refractivity contribution is 7.09. The van der Waals surface area contributed by atoms with E-state index < -0.39 is 0 Å². The summed E-state index contributed by atoms with van der Waals surface area (Å²) in [7, 11) is 0. The number of carbonyl (C=O) groups is 1. The van der Waals surface area contributed by atoms with E-state index in [0.29, 0.717) is 12.2 Å². The molecule has 0 spiro atoms. The number of unbranched alkanes of at least 4 members (excludes halogenated alkanes) is 2. The Morgan fingerprint density at radius 2 is 1.96 bits per heavy atom. The molecule has 1 aromatic heterocycles. The van der Waals surface area contributed by atoms with Crippen molar-refractivity contribution < 1.29 is 9.53 Å². The Bertz CT molecular complexity index is 665. The molecular formula is C20H28N2O2S. The second kappa shape index (κ2) is 9.56. The van der Waals surface area contributed by atoms with Crippen molar-refractivity contribution in [2.75, 3.05) is 6.54 Å². The molecule has 25 heavy (non-hydrogen) atoms. The molecule has 1 amide bonds. The van der Waals surface area contributed by atoms with Crippen molar-refractivity contribution in [2.45, 2.75) is 59.6 Å². The Balaban J connectivity index is 1.95. The molecule has 0 atom stereocenters. The van der Waals surface area contributed by atoms with Gasteiger partial charge < -0.3 is 9.64 Å². The molecular weight excluding hydrogens is 332 g/mol. The molecule has 0 unspecified atom stereocenters. The molecule has 2 aromatic rings. The fourth-order valence-electron chi connectivity index (χ4n) is 2.62. The number of nitrogens with zero attached hydrogens (tertiary/aromatic N) is 2. The van der Waals surface area contributed by atoms with Gasteiger partial charge in [-0.2, -0.15) is 0 Å². The van der Waals surface area contributed by atoms with E-state index in [1.54, 1.807) is 11.3 Å². The predicted molar refractivity (Wildman–Crippen MR) is 103 cm³/mol. The van der Waals surface area contributed by atoms with E-state index >= 15 is 0 Å². The summed E-state index contributed by atoms with van der Waals surface area (Å²) in [6.07, 6.45) is 3.36. The average molecular weight is 361 g/mol. The zero-order valence-corrected chi connectivity index (χ0v) is 16.4. The van der Waals surface area contributed by atoms with Gasteiger partial charge in [0.05, 0.1) is 10.7 Å². The normalized spacial score (nSPS) is 10.9. The van der Waals surface area contributed by atoms with Crippen molar-refractivity contribution in [1.29, 1.82) is 0 Å². The van der Waals surface area contributed by atoms with Crippen molar-refractivity contribution in [3.63, 3.8) is 0 Å². The van der Waals surface area contributed by atoms with Crippen LogP contribution in [0, 0.1) is 6.92 Å². The quantitative estimate of drug-likeness (QED) is 0.586. The average Bonchev–Trinajstić information content (AvgIpc) is 3.02. The Morgan fingerprint density at radius 3 is 2.52 bits per heavy atom. The molecule has 0 N–H and O–H groups in total. The van der Waals surface area contributed by atoms with Gasteiger partial charge in [-0.3, -0.25) is 4.79 Å². The highest BCUT2D eigenvalue weighted by Crippen LogP contribution is 2.17.